The van der Waals surface area contributed by atoms with E-state index < -0.39 is 0 Å². The maximum Gasteiger partial charge on any atom is 0.252 e. The molecule has 2 heterocycles. The highest BCUT2D eigenvalue weighted by Gasteiger charge is 2.20. The molecule has 110 valence electrons. The molecule has 0 spiro atoms. The Kier molecular flexibility index (Phi) is 5.20. The SMILES string of the molecule is CCNc1ncc(C(=O)NCC2CCN(C)C2)cc1Cl. The average Bonchev–Trinajstić information content (AvgIpc) is 2.84. The lowest BCUT2D eigenvalue weighted by Crippen LogP contribution is -2.30. The lowest BCUT2D eigenvalue weighted by molar-refractivity contribution is 0.0947. The van der Waals surface area contributed by atoms with Gasteiger partial charge in [-0.3, -0.25) is 4.79 Å². The maximum absolute atomic E-state index is 12.1. The van der Waals surface area contributed by atoms with Gasteiger partial charge in [-0.2, -0.15) is 0 Å². The monoisotopic (exact) mass is 296 g/mol. The van der Waals surface area contributed by atoms with Gasteiger partial charge in [0.2, 0.25) is 0 Å². The molecule has 1 aromatic rings. The molecule has 1 fully saturated rings. The zero-order valence-electron chi connectivity index (χ0n) is 11.9. The van der Waals surface area contributed by atoms with Crippen molar-refractivity contribution in [3.05, 3.63) is 22.8 Å². The molecule has 0 aliphatic carbocycles. The molecule has 0 aromatic carbocycles. The van der Waals surface area contributed by atoms with Crippen LogP contribution in [0.1, 0.15) is 23.7 Å². The third kappa shape index (κ3) is 3.84. The van der Waals surface area contributed by atoms with E-state index in [1.54, 1.807) is 12.3 Å². The number of rotatable bonds is 5. The van der Waals surface area contributed by atoms with Crippen LogP contribution in [-0.2, 0) is 0 Å². The van der Waals surface area contributed by atoms with Crippen molar-refractivity contribution in [1.82, 2.24) is 15.2 Å². The van der Waals surface area contributed by atoms with Crippen LogP contribution in [-0.4, -0.2) is 49.0 Å². The van der Waals surface area contributed by atoms with Gasteiger partial charge in [0, 0.05) is 25.8 Å². The predicted octanol–water partition coefficient (Wildman–Crippen LogP) is 1.85. The van der Waals surface area contributed by atoms with Crippen molar-refractivity contribution in [3.63, 3.8) is 0 Å². The van der Waals surface area contributed by atoms with Crippen LogP contribution in [0.15, 0.2) is 12.3 Å². The molecule has 0 bridgehead atoms. The van der Waals surface area contributed by atoms with Gasteiger partial charge in [0.1, 0.15) is 5.82 Å². The van der Waals surface area contributed by atoms with Gasteiger partial charge < -0.3 is 15.5 Å². The maximum atomic E-state index is 12.1. The number of aromatic nitrogens is 1. The molecule has 1 atom stereocenters. The molecular formula is C14H21ClN4O. The number of nitrogens with zero attached hydrogens (tertiary/aromatic N) is 2. The van der Waals surface area contributed by atoms with E-state index in [4.69, 9.17) is 11.6 Å². The highest BCUT2D eigenvalue weighted by atomic mass is 35.5. The Morgan fingerprint density at radius 1 is 1.60 bits per heavy atom. The predicted molar refractivity (Wildman–Crippen MR) is 81.3 cm³/mol. The highest BCUT2D eigenvalue weighted by Crippen LogP contribution is 2.20. The van der Waals surface area contributed by atoms with Gasteiger partial charge in [-0.25, -0.2) is 4.98 Å². The van der Waals surface area contributed by atoms with Gasteiger partial charge in [0.05, 0.1) is 10.6 Å². The van der Waals surface area contributed by atoms with E-state index in [0.717, 1.165) is 26.1 Å². The second-order valence-electron chi connectivity index (χ2n) is 5.21. The lowest BCUT2D eigenvalue weighted by Gasteiger charge is -2.12. The number of hydrogen-bond donors (Lipinski definition) is 2. The topological polar surface area (TPSA) is 57.3 Å². The minimum atomic E-state index is -0.114. The van der Waals surface area contributed by atoms with Crippen LogP contribution in [0, 0.1) is 5.92 Å². The number of halogens is 1. The molecule has 0 radical (unpaired) electrons. The lowest BCUT2D eigenvalue weighted by atomic mass is 10.1. The molecule has 0 saturated carbocycles. The van der Waals surface area contributed by atoms with E-state index in [1.807, 2.05) is 6.92 Å². The van der Waals surface area contributed by atoms with Gasteiger partial charge in [-0.15, -0.1) is 0 Å². The summed E-state index contributed by atoms with van der Waals surface area (Å²) in [7, 11) is 2.10. The Bertz CT molecular complexity index is 480. The molecule has 1 amide bonds. The van der Waals surface area contributed by atoms with Crippen LogP contribution in [0.2, 0.25) is 5.02 Å². The van der Waals surface area contributed by atoms with Gasteiger partial charge in [-0.05, 0) is 38.9 Å². The molecular weight excluding hydrogens is 276 g/mol. The van der Waals surface area contributed by atoms with E-state index >= 15 is 0 Å². The Morgan fingerprint density at radius 2 is 2.40 bits per heavy atom. The van der Waals surface area contributed by atoms with Gasteiger partial charge in [0.15, 0.2) is 0 Å². The van der Waals surface area contributed by atoms with Gasteiger partial charge >= 0.3 is 0 Å². The van der Waals surface area contributed by atoms with Crippen molar-refractivity contribution in [3.8, 4) is 0 Å². The summed E-state index contributed by atoms with van der Waals surface area (Å²) in [4.78, 5) is 18.5. The molecule has 2 rings (SSSR count). The Balaban J connectivity index is 1.90. The fourth-order valence-electron chi connectivity index (χ4n) is 2.39. The van der Waals surface area contributed by atoms with E-state index in [0.29, 0.717) is 28.9 Å². The first kappa shape index (κ1) is 15.1. The Hall–Kier alpha value is -1.33. The van der Waals surface area contributed by atoms with Gasteiger partial charge in [-0.1, -0.05) is 11.6 Å². The molecule has 1 aromatic heterocycles. The number of carbonyl (C=O) groups excluding carboxylic acids is 1. The molecule has 1 aliphatic heterocycles. The minimum Gasteiger partial charge on any atom is -0.369 e. The molecule has 6 heteroatoms. The fraction of sp³-hybridized carbons (Fsp3) is 0.571. The summed E-state index contributed by atoms with van der Waals surface area (Å²) in [6.07, 6.45) is 2.69. The number of hydrogen-bond acceptors (Lipinski definition) is 4. The largest absolute Gasteiger partial charge is 0.369 e. The first-order valence-corrected chi connectivity index (χ1v) is 7.34. The average molecular weight is 297 g/mol. The Labute approximate surface area is 124 Å². The zero-order valence-corrected chi connectivity index (χ0v) is 12.7. The van der Waals surface area contributed by atoms with E-state index in [9.17, 15) is 4.79 Å². The number of likely N-dealkylation sites (tertiary alicyclic amines) is 1. The van der Waals surface area contributed by atoms with E-state index in [-0.39, 0.29) is 5.91 Å². The van der Waals surface area contributed by atoms with Crippen molar-refractivity contribution in [2.45, 2.75) is 13.3 Å². The normalized spacial score (nSPS) is 19.1. The van der Waals surface area contributed by atoms with Crippen molar-refractivity contribution in [2.75, 3.05) is 38.5 Å². The van der Waals surface area contributed by atoms with Crippen LogP contribution < -0.4 is 10.6 Å². The van der Waals surface area contributed by atoms with Crippen molar-refractivity contribution < 1.29 is 4.79 Å². The quantitative estimate of drug-likeness (QED) is 0.871. The first-order valence-electron chi connectivity index (χ1n) is 6.96. The summed E-state index contributed by atoms with van der Waals surface area (Å²) in [5, 5.41) is 6.47. The number of anilines is 1. The zero-order chi connectivity index (χ0) is 14.5. The number of nitrogens with one attached hydrogen (secondary N) is 2. The summed E-state index contributed by atoms with van der Waals surface area (Å²) < 4.78 is 0. The van der Waals surface area contributed by atoms with Crippen LogP contribution in [0.5, 0.6) is 0 Å². The smallest absolute Gasteiger partial charge is 0.252 e. The van der Waals surface area contributed by atoms with E-state index in [1.165, 1.54) is 0 Å². The van der Waals surface area contributed by atoms with Crippen LogP contribution >= 0.6 is 11.6 Å². The molecule has 5 nitrogen and oxygen atoms in total. The summed E-state index contributed by atoms with van der Waals surface area (Å²) in [6.45, 7) is 5.56. The number of carbonyl (C=O) groups is 1. The first-order chi connectivity index (χ1) is 9.60. The molecule has 1 saturated heterocycles. The highest BCUT2D eigenvalue weighted by molar-refractivity contribution is 6.33. The van der Waals surface area contributed by atoms with Crippen LogP contribution in [0.4, 0.5) is 5.82 Å². The molecule has 1 unspecified atom stereocenters. The van der Waals surface area contributed by atoms with E-state index in [2.05, 4.69) is 27.6 Å². The third-order valence-corrected chi connectivity index (χ3v) is 3.78. The van der Waals surface area contributed by atoms with Crippen molar-refractivity contribution in [1.29, 1.82) is 0 Å². The second kappa shape index (κ2) is 6.90. The number of pyridine rings is 1. The fourth-order valence-corrected chi connectivity index (χ4v) is 2.62. The molecule has 1 aliphatic rings. The third-order valence-electron chi connectivity index (χ3n) is 3.49. The minimum absolute atomic E-state index is 0.114. The summed E-state index contributed by atoms with van der Waals surface area (Å²) >= 11 is 6.09. The number of amides is 1. The molecule has 2 N–H and O–H groups in total. The van der Waals surface area contributed by atoms with Crippen molar-refractivity contribution >= 4 is 23.3 Å². The summed E-state index contributed by atoms with van der Waals surface area (Å²) in [5.74, 6) is 1.04. The summed E-state index contributed by atoms with van der Waals surface area (Å²) in [5.41, 5.74) is 0.503. The Morgan fingerprint density at radius 3 is 3.00 bits per heavy atom. The van der Waals surface area contributed by atoms with Crippen molar-refractivity contribution in [2.24, 2.45) is 5.92 Å². The van der Waals surface area contributed by atoms with Crippen LogP contribution in [0.3, 0.4) is 0 Å². The second-order valence-corrected chi connectivity index (χ2v) is 5.62. The van der Waals surface area contributed by atoms with Crippen LogP contribution in [0.25, 0.3) is 0 Å². The van der Waals surface area contributed by atoms with Gasteiger partial charge in [0.25, 0.3) is 5.91 Å². The molecule has 20 heavy (non-hydrogen) atoms. The summed E-state index contributed by atoms with van der Waals surface area (Å²) in [6, 6.07) is 1.66. The standard InChI is InChI=1S/C14H21ClN4O/c1-3-16-13-12(15)6-11(8-17-13)14(20)18-7-10-4-5-19(2)9-10/h6,8,10H,3-5,7,9H2,1-2H3,(H,16,17)(H,18,20).